The Morgan fingerprint density at radius 1 is 1.17 bits per heavy atom. The van der Waals surface area contributed by atoms with Gasteiger partial charge in [0, 0.05) is 29.2 Å². The van der Waals surface area contributed by atoms with Gasteiger partial charge in [0.2, 0.25) is 0 Å². The molecule has 0 amide bonds. The van der Waals surface area contributed by atoms with E-state index >= 15 is 0 Å². The first-order valence-corrected chi connectivity index (χ1v) is 11.8. The van der Waals surface area contributed by atoms with Crippen LogP contribution in [-0.2, 0) is 13.0 Å². The molecule has 1 fully saturated rings. The fourth-order valence-corrected chi connectivity index (χ4v) is 5.30. The topological polar surface area (TPSA) is 41.7 Å². The monoisotopic (exact) mass is 408 g/mol. The maximum absolute atomic E-state index is 4.97. The van der Waals surface area contributed by atoms with Gasteiger partial charge in [-0.3, -0.25) is 10.4 Å². The molecule has 1 aromatic heterocycles. The molecule has 4 rings (SSSR count). The quantitative estimate of drug-likeness (QED) is 0.727. The van der Waals surface area contributed by atoms with Crippen molar-refractivity contribution >= 4 is 22.6 Å². The SMILES string of the molecule is Cc1cc(C2=NNC(=N[C@H]3CCCC[C@H]3C)SC2)c(C)n1CCc1ccccc1. The first-order chi connectivity index (χ1) is 14.1. The summed E-state index contributed by atoms with van der Waals surface area (Å²) in [6.07, 6.45) is 6.22. The van der Waals surface area contributed by atoms with Gasteiger partial charge in [-0.1, -0.05) is 61.9 Å². The molecule has 0 bridgehead atoms. The summed E-state index contributed by atoms with van der Waals surface area (Å²) in [5.41, 5.74) is 9.62. The van der Waals surface area contributed by atoms with E-state index in [-0.39, 0.29) is 0 Å². The van der Waals surface area contributed by atoms with E-state index in [1.54, 1.807) is 11.8 Å². The second-order valence-corrected chi connectivity index (χ2v) is 9.36. The van der Waals surface area contributed by atoms with Crippen LogP contribution in [0.15, 0.2) is 46.5 Å². The minimum absolute atomic E-state index is 0.457. The summed E-state index contributed by atoms with van der Waals surface area (Å²) >= 11 is 1.79. The predicted octanol–water partition coefficient (Wildman–Crippen LogP) is 5.32. The lowest BCUT2D eigenvalue weighted by Crippen LogP contribution is -2.29. The Labute approximate surface area is 178 Å². The van der Waals surface area contributed by atoms with E-state index in [2.05, 4.69) is 67.2 Å². The van der Waals surface area contributed by atoms with Crippen LogP contribution in [0.4, 0.5) is 0 Å². The number of nitrogens with zero attached hydrogens (tertiary/aromatic N) is 3. The number of nitrogens with one attached hydrogen (secondary N) is 1. The lowest BCUT2D eigenvalue weighted by molar-refractivity contribution is 0.333. The summed E-state index contributed by atoms with van der Waals surface area (Å²) in [7, 11) is 0. The third-order valence-electron chi connectivity index (χ3n) is 6.33. The third kappa shape index (κ3) is 4.77. The highest BCUT2D eigenvalue weighted by Gasteiger charge is 2.23. The molecule has 2 aliphatic rings. The Bertz CT molecular complexity index is 897. The maximum atomic E-state index is 4.97. The fourth-order valence-electron chi connectivity index (χ4n) is 4.48. The second kappa shape index (κ2) is 9.21. The van der Waals surface area contributed by atoms with Crippen LogP contribution in [-0.4, -0.2) is 27.2 Å². The van der Waals surface area contributed by atoms with Crippen LogP contribution in [0.1, 0.15) is 55.1 Å². The van der Waals surface area contributed by atoms with Gasteiger partial charge in [-0.25, -0.2) is 0 Å². The van der Waals surface area contributed by atoms with E-state index in [1.165, 1.54) is 48.2 Å². The average Bonchev–Trinajstić information content (AvgIpc) is 3.03. The molecule has 1 aromatic carbocycles. The molecule has 0 unspecified atom stereocenters. The van der Waals surface area contributed by atoms with E-state index < -0.39 is 0 Å². The van der Waals surface area contributed by atoms with E-state index in [9.17, 15) is 0 Å². The summed E-state index contributed by atoms with van der Waals surface area (Å²) in [6, 6.07) is 13.5. The van der Waals surface area contributed by atoms with Gasteiger partial charge in [0.1, 0.15) is 0 Å². The molecule has 1 N–H and O–H groups in total. The molecule has 2 aromatic rings. The molecule has 0 spiro atoms. The van der Waals surface area contributed by atoms with Gasteiger partial charge < -0.3 is 4.57 Å². The van der Waals surface area contributed by atoms with Crippen molar-refractivity contribution in [1.82, 2.24) is 9.99 Å². The number of thioether (sulfide) groups is 1. The van der Waals surface area contributed by atoms with Gasteiger partial charge in [-0.05, 0) is 50.7 Å². The lowest BCUT2D eigenvalue weighted by Gasteiger charge is -2.26. The molecule has 154 valence electrons. The van der Waals surface area contributed by atoms with Crippen LogP contribution in [0.2, 0.25) is 0 Å². The number of aryl methyl sites for hydroxylation is 2. The molecule has 1 aliphatic carbocycles. The number of hydrogen-bond acceptors (Lipinski definition) is 3. The smallest absolute Gasteiger partial charge is 0.177 e. The molecular weight excluding hydrogens is 376 g/mol. The Morgan fingerprint density at radius 3 is 2.69 bits per heavy atom. The van der Waals surface area contributed by atoms with E-state index in [0.717, 1.165) is 29.6 Å². The van der Waals surface area contributed by atoms with Gasteiger partial charge >= 0.3 is 0 Å². The van der Waals surface area contributed by atoms with Crippen molar-refractivity contribution in [3.8, 4) is 0 Å². The first-order valence-electron chi connectivity index (χ1n) is 10.9. The summed E-state index contributed by atoms with van der Waals surface area (Å²) in [6.45, 7) is 7.75. The average molecular weight is 409 g/mol. The molecule has 5 heteroatoms. The summed E-state index contributed by atoms with van der Waals surface area (Å²) < 4.78 is 2.42. The van der Waals surface area contributed by atoms with Crippen LogP contribution in [0.5, 0.6) is 0 Å². The molecule has 4 nitrogen and oxygen atoms in total. The van der Waals surface area contributed by atoms with Crippen LogP contribution >= 0.6 is 11.8 Å². The van der Waals surface area contributed by atoms with Crippen molar-refractivity contribution in [3.63, 3.8) is 0 Å². The molecule has 2 atom stereocenters. The molecular formula is C24H32N4S. The molecule has 2 heterocycles. The highest BCUT2D eigenvalue weighted by atomic mass is 32.2. The second-order valence-electron chi connectivity index (χ2n) is 8.39. The fraction of sp³-hybridized carbons (Fsp3) is 0.500. The number of benzene rings is 1. The molecule has 0 radical (unpaired) electrons. The summed E-state index contributed by atoms with van der Waals surface area (Å²) in [5.74, 6) is 1.57. The van der Waals surface area contributed by atoms with Crippen LogP contribution in [0, 0.1) is 19.8 Å². The number of hydrazone groups is 1. The number of hydrogen-bond donors (Lipinski definition) is 1. The molecule has 0 saturated heterocycles. The number of aliphatic imine (C=N–C) groups is 1. The van der Waals surface area contributed by atoms with Crippen LogP contribution in [0.25, 0.3) is 0 Å². The molecule has 1 aliphatic heterocycles. The number of aromatic nitrogens is 1. The zero-order chi connectivity index (χ0) is 20.2. The maximum Gasteiger partial charge on any atom is 0.177 e. The summed E-state index contributed by atoms with van der Waals surface area (Å²) in [4.78, 5) is 4.97. The van der Waals surface area contributed by atoms with Crippen molar-refractivity contribution < 1.29 is 0 Å². The zero-order valence-electron chi connectivity index (χ0n) is 17.8. The van der Waals surface area contributed by atoms with Gasteiger partial charge in [-0.2, -0.15) is 5.10 Å². The van der Waals surface area contributed by atoms with Gasteiger partial charge in [-0.15, -0.1) is 0 Å². The number of amidine groups is 1. The van der Waals surface area contributed by atoms with Crippen molar-refractivity contribution in [3.05, 3.63) is 58.9 Å². The Kier molecular flexibility index (Phi) is 6.43. The standard InChI is InChI=1S/C24H32N4S/c1-17-9-7-8-12-22(17)25-24-27-26-23(16-29-24)21-15-18(2)28(19(21)3)14-13-20-10-5-4-6-11-20/h4-6,10-11,15,17,22H,7-9,12-14,16H2,1-3H3,(H,25,27)/t17-,22+/m1/s1. The van der Waals surface area contributed by atoms with Crippen molar-refractivity contribution in [1.29, 1.82) is 0 Å². The highest BCUT2D eigenvalue weighted by Crippen LogP contribution is 2.28. The largest absolute Gasteiger partial charge is 0.348 e. The Morgan fingerprint density at radius 2 is 1.97 bits per heavy atom. The Hall–Kier alpha value is -2.01. The minimum Gasteiger partial charge on any atom is -0.348 e. The van der Waals surface area contributed by atoms with Crippen molar-refractivity contribution in [2.45, 2.75) is 65.5 Å². The van der Waals surface area contributed by atoms with Gasteiger partial charge in [0.15, 0.2) is 5.17 Å². The Balaban J connectivity index is 1.44. The minimum atomic E-state index is 0.457. The zero-order valence-corrected chi connectivity index (χ0v) is 18.6. The van der Waals surface area contributed by atoms with Crippen LogP contribution in [0.3, 0.4) is 0 Å². The lowest BCUT2D eigenvalue weighted by atomic mass is 9.86. The molecule has 1 saturated carbocycles. The third-order valence-corrected chi connectivity index (χ3v) is 7.22. The van der Waals surface area contributed by atoms with Crippen LogP contribution < -0.4 is 5.43 Å². The van der Waals surface area contributed by atoms with Gasteiger partial charge in [0.05, 0.1) is 11.8 Å². The van der Waals surface area contributed by atoms with E-state index in [4.69, 9.17) is 10.1 Å². The van der Waals surface area contributed by atoms with Crippen molar-refractivity contribution in [2.24, 2.45) is 16.0 Å². The van der Waals surface area contributed by atoms with Gasteiger partial charge in [0.25, 0.3) is 0 Å². The first kappa shape index (κ1) is 20.3. The van der Waals surface area contributed by atoms with E-state index in [1.807, 2.05) is 0 Å². The number of rotatable bonds is 5. The normalized spacial score (nSPS) is 23.7. The van der Waals surface area contributed by atoms with Crippen molar-refractivity contribution in [2.75, 3.05) is 5.75 Å². The predicted molar refractivity (Wildman–Crippen MR) is 125 cm³/mol. The molecule has 29 heavy (non-hydrogen) atoms. The summed E-state index contributed by atoms with van der Waals surface area (Å²) in [5, 5.41) is 5.70. The van der Waals surface area contributed by atoms with E-state index in [0.29, 0.717) is 12.0 Å². The highest BCUT2D eigenvalue weighted by molar-refractivity contribution is 8.14.